The van der Waals surface area contributed by atoms with E-state index in [1.54, 1.807) is 0 Å². The zero-order chi connectivity index (χ0) is 48.6. The Hall–Kier alpha value is -3.93. The Balaban J connectivity index is 4.59. The molecule has 0 aromatic heterocycles. The topological polar surface area (TPSA) is 78.9 Å². The highest BCUT2D eigenvalue weighted by atomic mass is 16.6. The van der Waals surface area contributed by atoms with E-state index in [1.165, 1.54) is 103 Å². The van der Waals surface area contributed by atoms with E-state index in [2.05, 4.69) is 130 Å². The van der Waals surface area contributed by atoms with Crippen molar-refractivity contribution in [2.45, 2.75) is 245 Å². The third kappa shape index (κ3) is 52.9. The van der Waals surface area contributed by atoms with Crippen molar-refractivity contribution in [3.63, 3.8) is 0 Å². The van der Waals surface area contributed by atoms with E-state index in [0.717, 1.165) is 83.5 Å². The minimum atomic E-state index is -0.834. The molecule has 0 aromatic rings. The number of rotatable bonds is 48. The molecular weight excluding hydrogens is 829 g/mol. The summed E-state index contributed by atoms with van der Waals surface area (Å²) in [6.45, 7) is 6.47. The molecular formula is C61H100O6. The van der Waals surface area contributed by atoms with Gasteiger partial charge in [0.2, 0.25) is 0 Å². The van der Waals surface area contributed by atoms with Crippen molar-refractivity contribution in [2.75, 3.05) is 13.2 Å². The summed E-state index contributed by atoms with van der Waals surface area (Å²) in [7, 11) is 0. The number of hydrogen-bond donors (Lipinski definition) is 0. The number of carbonyl (C=O) groups excluding carboxylic acids is 3. The number of hydrogen-bond acceptors (Lipinski definition) is 6. The van der Waals surface area contributed by atoms with Gasteiger partial charge in [0.1, 0.15) is 13.2 Å². The van der Waals surface area contributed by atoms with E-state index in [1.807, 2.05) is 0 Å². The maximum absolute atomic E-state index is 12.8. The number of unbranched alkanes of at least 4 members (excludes halogenated alkanes) is 19. The molecule has 0 heterocycles. The predicted molar refractivity (Wildman–Crippen MR) is 288 cm³/mol. The second kappa shape index (κ2) is 54.7. The maximum atomic E-state index is 12.8. The van der Waals surface area contributed by atoms with Crippen LogP contribution in [-0.4, -0.2) is 37.2 Å². The van der Waals surface area contributed by atoms with Gasteiger partial charge in [0.15, 0.2) is 6.10 Å². The quantitative estimate of drug-likeness (QED) is 0.0262. The van der Waals surface area contributed by atoms with Crippen molar-refractivity contribution >= 4 is 17.9 Å². The molecule has 67 heavy (non-hydrogen) atoms. The van der Waals surface area contributed by atoms with Gasteiger partial charge in [-0.3, -0.25) is 14.4 Å². The summed E-state index contributed by atoms with van der Waals surface area (Å²) in [5, 5.41) is 0. The summed E-state index contributed by atoms with van der Waals surface area (Å²) in [4.78, 5) is 38.0. The molecule has 6 heteroatoms. The highest BCUT2D eigenvalue weighted by Crippen LogP contribution is 2.12. The number of ether oxygens (including phenoxy) is 3. The maximum Gasteiger partial charge on any atom is 0.306 e. The highest BCUT2D eigenvalue weighted by molar-refractivity contribution is 5.71. The first kappa shape index (κ1) is 63.1. The van der Waals surface area contributed by atoms with Gasteiger partial charge >= 0.3 is 17.9 Å². The molecule has 0 saturated heterocycles. The van der Waals surface area contributed by atoms with Gasteiger partial charge in [0.25, 0.3) is 0 Å². The van der Waals surface area contributed by atoms with Gasteiger partial charge in [-0.1, -0.05) is 207 Å². The normalized spacial score (nSPS) is 12.9. The molecule has 0 aliphatic heterocycles. The third-order valence-electron chi connectivity index (χ3n) is 11.2. The monoisotopic (exact) mass is 929 g/mol. The van der Waals surface area contributed by atoms with Crippen molar-refractivity contribution in [1.82, 2.24) is 0 Å². The molecule has 0 saturated carbocycles. The van der Waals surface area contributed by atoms with Gasteiger partial charge in [-0.15, -0.1) is 0 Å². The molecule has 6 nitrogen and oxygen atoms in total. The summed E-state index contributed by atoms with van der Waals surface area (Å²) < 4.78 is 16.7. The summed E-state index contributed by atoms with van der Waals surface area (Å²) in [6.07, 6.45) is 73.7. The van der Waals surface area contributed by atoms with Crippen LogP contribution in [-0.2, 0) is 28.6 Å². The molecule has 0 rings (SSSR count). The van der Waals surface area contributed by atoms with Crippen molar-refractivity contribution in [3.05, 3.63) is 109 Å². The lowest BCUT2D eigenvalue weighted by Crippen LogP contribution is -2.30. The summed E-state index contributed by atoms with van der Waals surface area (Å²) in [5.41, 5.74) is 0. The molecule has 0 radical (unpaired) electrons. The van der Waals surface area contributed by atoms with Crippen LogP contribution in [0.4, 0.5) is 0 Å². The standard InChI is InChI=1S/C61H100O6/c1-4-7-10-13-16-19-22-25-28-30-33-36-39-42-45-48-51-54-60(63)66-57-58(56-65-59(62)53-50-47-44-41-38-35-32-27-24-21-18-15-12-9-6-3)67-61(64)55-52-49-46-43-40-37-34-31-29-26-23-20-17-14-11-8-5-2/h16-17,19-20,25-29,32-34,36-37,42-43,45-46,58H,4-15,18,21-24,30-31,35,38-41,44,47-57H2,1-3H3/b19-16-,20-17-,28-25-,29-26-,32-27-,36-33-,37-34-,45-42-,46-43-/t58-/m1/s1. The lowest BCUT2D eigenvalue weighted by Gasteiger charge is -2.18. The van der Waals surface area contributed by atoms with E-state index in [9.17, 15) is 14.4 Å². The first-order valence-electron chi connectivity index (χ1n) is 27.4. The van der Waals surface area contributed by atoms with Crippen LogP contribution < -0.4 is 0 Å². The van der Waals surface area contributed by atoms with Gasteiger partial charge < -0.3 is 14.2 Å². The Labute approximate surface area is 412 Å². The molecule has 0 N–H and O–H groups in total. The Morgan fingerprint density at radius 2 is 0.552 bits per heavy atom. The second-order valence-electron chi connectivity index (χ2n) is 17.8. The highest BCUT2D eigenvalue weighted by Gasteiger charge is 2.19. The molecule has 0 unspecified atom stereocenters. The third-order valence-corrected chi connectivity index (χ3v) is 11.2. The van der Waals surface area contributed by atoms with Crippen LogP contribution in [0.3, 0.4) is 0 Å². The van der Waals surface area contributed by atoms with Crippen LogP contribution in [0, 0.1) is 0 Å². The molecule has 0 spiro atoms. The van der Waals surface area contributed by atoms with Crippen molar-refractivity contribution in [1.29, 1.82) is 0 Å². The first-order valence-corrected chi connectivity index (χ1v) is 27.4. The van der Waals surface area contributed by atoms with Crippen molar-refractivity contribution in [2.24, 2.45) is 0 Å². The summed E-state index contributed by atoms with van der Waals surface area (Å²) in [6, 6.07) is 0. The van der Waals surface area contributed by atoms with E-state index < -0.39 is 6.10 Å². The molecule has 0 bridgehead atoms. The second-order valence-corrected chi connectivity index (χ2v) is 17.8. The van der Waals surface area contributed by atoms with E-state index >= 15 is 0 Å². The number of esters is 3. The van der Waals surface area contributed by atoms with E-state index in [4.69, 9.17) is 14.2 Å². The van der Waals surface area contributed by atoms with Crippen LogP contribution in [0.15, 0.2) is 109 Å². The molecule has 0 aliphatic rings. The van der Waals surface area contributed by atoms with Crippen LogP contribution in [0.1, 0.15) is 239 Å². The van der Waals surface area contributed by atoms with Crippen molar-refractivity contribution in [3.8, 4) is 0 Å². The molecule has 0 fully saturated rings. The van der Waals surface area contributed by atoms with Gasteiger partial charge in [0, 0.05) is 19.3 Å². The Morgan fingerprint density at radius 3 is 0.940 bits per heavy atom. The Bertz CT molecular complexity index is 1390. The lowest BCUT2D eigenvalue weighted by atomic mass is 10.1. The SMILES string of the molecule is CCCCC/C=C\C/C=C\C/C=C\C/C=C\CCCC(=O)OC[C@@H](COC(=O)CCCCCCC/C=C\CCCCCCCC)OC(=O)CCC/C=C\C/C=C\C/C=C\C/C=C\CCCCC. The zero-order valence-electron chi connectivity index (χ0n) is 43.4. The Kier molecular flexibility index (Phi) is 51.5. The largest absolute Gasteiger partial charge is 0.462 e. The smallest absolute Gasteiger partial charge is 0.306 e. The average Bonchev–Trinajstić information content (AvgIpc) is 3.33. The van der Waals surface area contributed by atoms with Gasteiger partial charge in [-0.05, 0) is 122 Å². The lowest BCUT2D eigenvalue weighted by molar-refractivity contribution is -0.167. The first-order chi connectivity index (χ1) is 33.0. The van der Waals surface area contributed by atoms with Gasteiger partial charge in [-0.25, -0.2) is 0 Å². The van der Waals surface area contributed by atoms with Crippen LogP contribution in [0.25, 0.3) is 0 Å². The predicted octanol–water partition coefficient (Wildman–Crippen LogP) is 18.3. The summed E-state index contributed by atoms with van der Waals surface area (Å²) >= 11 is 0. The molecule has 0 amide bonds. The minimum Gasteiger partial charge on any atom is -0.462 e. The van der Waals surface area contributed by atoms with Gasteiger partial charge in [0.05, 0.1) is 0 Å². The van der Waals surface area contributed by atoms with Crippen molar-refractivity contribution < 1.29 is 28.6 Å². The molecule has 1 atom stereocenters. The van der Waals surface area contributed by atoms with Crippen LogP contribution in [0.2, 0.25) is 0 Å². The van der Waals surface area contributed by atoms with E-state index in [0.29, 0.717) is 19.3 Å². The van der Waals surface area contributed by atoms with Gasteiger partial charge in [-0.2, -0.15) is 0 Å². The fourth-order valence-electron chi connectivity index (χ4n) is 7.07. The molecule has 0 aliphatic carbocycles. The number of allylic oxidation sites excluding steroid dienone is 18. The fraction of sp³-hybridized carbons (Fsp3) is 0.656. The number of carbonyl (C=O) groups is 3. The fourth-order valence-corrected chi connectivity index (χ4v) is 7.07. The Morgan fingerprint density at radius 1 is 0.299 bits per heavy atom. The zero-order valence-corrected chi connectivity index (χ0v) is 43.4. The van der Waals surface area contributed by atoms with Crippen LogP contribution >= 0.6 is 0 Å². The average molecular weight is 929 g/mol. The summed E-state index contributed by atoms with van der Waals surface area (Å²) in [5.74, 6) is -1.05. The van der Waals surface area contributed by atoms with Crippen LogP contribution in [0.5, 0.6) is 0 Å². The molecule has 380 valence electrons. The molecule has 0 aromatic carbocycles. The minimum absolute atomic E-state index is 0.123. The van der Waals surface area contributed by atoms with E-state index in [-0.39, 0.29) is 44.0 Å².